The van der Waals surface area contributed by atoms with Gasteiger partial charge in [0.05, 0.1) is 36.2 Å². The number of nitrogens with zero attached hydrogens (tertiary/aromatic N) is 7. The molecule has 0 fully saturated rings. The fourth-order valence-corrected chi connectivity index (χ4v) is 2.19. The quantitative estimate of drug-likeness (QED) is 0.725. The molecule has 0 spiro atoms. The van der Waals surface area contributed by atoms with Gasteiger partial charge in [0.1, 0.15) is 5.69 Å². The van der Waals surface area contributed by atoms with Crippen molar-refractivity contribution in [1.82, 2.24) is 34.6 Å². The number of aromatic nitrogens is 7. The zero-order valence-electron chi connectivity index (χ0n) is 11.9. The van der Waals surface area contributed by atoms with Gasteiger partial charge in [0.2, 0.25) is 0 Å². The maximum absolute atomic E-state index is 12.6. The van der Waals surface area contributed by atoms with Gasteiger partial charge in [-0.1, -0.05) is 16.8 Å². The molecule has 0 N–H and O–H groups in total. The molecule has 23 heavy (non-hydrogen) atoms. The number of hydrogen-bond donors (Lipinski definition) is 0. The van der Waals surface area contributed by atoms with Crippen molar-refractivity contribution in [3.05, 3.63) is 46.8 Å². The molecular weight excluding hydrogens is 335 g/mol. The summed E-state index contributed by atoms with van der Waals surface area (Å²) in [7, 11) is 1.45. The number of aryl methyl sites for hydroxylation is 1. The second-order valence-electron chi connectivity index (χ2n) is 4.91. The topological polar surface area (TPSA) is 66.3 Å². The van der Waals surface area contributed by atoms with Gasteiger partial charge in [-0.15, -0.1) is 5.10 Å². The summed E-state index contributed by atoms with van der Waals surface area (Å²) in [6.07, 6.45) is 0.302. The number of hydrogen-bond acceptors (Lipinski definition) is 4. The molecule has 0 unspecified atom stereocenters. The Kier molecular flexibility index (Phi) is 3.84. The van der Waals surface area contributed by atoms with Gasteiger partial charge in [-0.05, 0) is 6.07 Å². The Morgan fingerprint density at radius 2 is 1.96 bits per heavy atom. The van der Waals surface area contributed by atoms with Crippen LogP contribution in [0.1, 0.15) is 17.1 Å². The first-order chi connectivity index (χ1) is 10.8. The van der Waals surface area contributed by atoms with Crippen LogP contribution in [0.3, 0.4) is 0 Å². The highest BCUT2D eigenvalue weighted by Gasteiger charge is 2.34. The minimum Gasteiger partial charge on any atom is -0.270 e. The van der Waals surface area contributed by atoms with Crippen molar-refractivity contribution in [3.63, 3.8) is 0 Å². The Labute approximate surface area is 133 Å². The first-order valence-electron chi connectivity index (χ1n) is 6.48. The Hall–Kier alpha value is -2.36. The van der Waals surface area contributed by atoms with E-state index >= 15 is 0 Å². The van der Waals surface area contributed by atoms with Crippen molar-refractivity contribution in [2.24, 2.45) is 7.05 Å². The average Bonchev–Trinajstić information content (AvgIpc) is 3.13. The van der Waals surface area contributed by atoms with Gasteiger partial charge in [-0.3, -0.25) is 9.36 Å². The van der Waals surface area contributed by atoms with Crippen molar-refractivity contribution in [2.45, 2.75) is 19.3 Å². The lowest BCUT2D eigenvalue weighted by molar-refractivity contribution is -0.141. The van der Waals surface area contributed by atoms with Gasteiger partial charge in [-0.25, -0.2) is 4.68 Å². The zero-order chi connectivity index (χ0) is 16.6. The second kappa shape index (κ2) is 5.69. The molecule has 3 heterocycles. The number of alkyl halides is 3. The highest BCUT2D eigenvalue weighted by atomic mass is 35.5. The Balaban J connectivity index is 1.73. The van der Waals surface area contributed by atoms with Crippen molar-refractivity contribution < 1.29 is 13.2 Å². The molecule has 122 valence electrons. The maximum atomic E-state index is 12.6. The predicted molar refractivity (Wildman–Crippen MR) is 73.7 cm³/mol. The smallest absolute Gasteiger partial charge is 0.270 e. The van der Waals surface area contributed by atoms with Crippen LogP contribution < -0.4 is 0 Å². The van der Waals surface area contributed by atoms with Crippen molar-refractivity contribution in [3.8, 4) is 0 Å². The number of rotatable bonds is 4. The molecule has 3 aromatic heterocycles. The summed E-state index contributed by atoms with van der Waals surface area (Å²) in [6, 6.07) is 0.995. The maximum Gasteiger partial charge on any atom is 0.435 e. The molecule has 0 radical (unpaired) electrons. The Morgan fingerprint density at radius 3 is 2.57 bits per heavy atom. The highest BCUT2D eigenvalue weighted by Crippen LogP contribution is 2.28. The van der Waals surface area contributed by atoms with Crippen LogP contribution in [0.5, 0.6) is 0 Å². The van der Waals surface area contributed by atoms with E-state index in [4.69, 9.17) is 11.6 Å². The molecule has 3 aromatic rings. The van der Waals surface area contributed by atoms with E-state index in [0.717, 1.165) is 6.07 Å². The summed E-state index contributed by atoms with van der Waals surface area (Å²) < 4.78 is 42.1. The standard InChI is InChI=1S/C12H11ClF3N7/c1-21-10(2-11(19-21)12(14,15)16)7-23-6-9(18-20-23)5-22-4-8(13)3-17-22/h2-4,6H,5,7H2,1H3. The summed E-state index contributed by atoms with van der Waals surface area (Å²) >= 11 is 5.77. The lowest BCUT2D eigenvalue weighted by Crippen LogP contribution is -2.07. The van der Waals surface area contributed by atoms with Crippen LogP contribution in [0.15, 0.2) is 24.7 Å². The molecule has 11 heteroatoms. The molecule has 0 atom stereocenters. The van der Waals surface area contributed by atoms with Crippen LogP contribution in [-0.2, 0) is 26.3 Å². The Bertz CT molecular complexity index is 817. The second-order valence-corrected chi connectivity index (χ2v) is 5.34. The van der Waals surface area contributed by atoms with Gasteiger partial charge in [0.15, 0.2) is 5.69 Å². The first-order valence-corrected chi connectivity index (χ1v) is 6.86. The molecule has 0 amide bonds. The molecule has 7 nitrogen and oxygen atoms in total. The van der Waals surface area contributed by atoms with Gasteiger partial charge >= 0.3 is 6.18 Å². The van der Waals surface area contributed by atoms with E-state index in [1.165, 1.54) is 22.6 Å². The molecule has 0 saturated carbocycles. The van der Waals surface area contributed by atoms with Crippen molar-refractivity contribution >= 4 is 11.6 Å². The molecule has 0 aliphatic heterocycles. The van der Waals surface area contributed by atoms with E-state index in [1.807, 2.05) is 0 Å². The molecule has 0 aliphatic rings. The molecule has 0 saturated heterocycles. The summed E-state index contributed by atoms with van der Waals surface area (Å²) in [5.41, 5.74) is 0.0559. The molecule has 3 rings (SSSR count). The average molecular weight is 346 g/mol. The minimum absolute atomic E-state index is 0.131. The summed E-state index contributed by atoms with van der Waals surface area (Å²) in [5.74, 6) is 0. The van der Waals surface area contributed by atoms with Gasteiger partial charge in [0.25, 0.3) is 0 Å². The molecule has 0 aliphatic carbocycles. The number of halogens is 4. The Morgan fingerprint density at radius 1 is 1.17 bits per heavy atom. The monoisotopic (exact) mass is 345 g/mol. The third-order valence-corrected chi connectivity index (χ3v) is 3.30. The van der Waals surface area contributed by atoms with E-state index < -0.39 is 11.9 Å². The molecule has 0 bridgehead atoms. The molecular formula is C12H11ClF3N7. The van der Waals surface area contributed by atoms with Crippen molar-refractivity contribution in [2.75, 3.05) is 0 Å². The normalized spacial score (nSPS) is 12.0. The third kappa shape index (κ3) is 3.52. The van der Waals surface area contributed by atoms with Gasteiger partial charge in [-0.2, -0.15) is 23.4 Å². The van der Waals surface area contributed by atoms with Crippen LogP contribution in [0.25, 0.3) is 0 Å². The lowest BCUT2D eigenvalue weighted by Gasteiger charge is -2.00. The summed E-state index contributed by atoms with van der Waals surface area (Å²) in [5, 5.41) is 15.8. The molecule has 0 aromatic carbocycles. The third-order valence-electron chi connectivity index (χ3n) is 3.10. The summed E-state index contributed by atoms with van der Waals surface area (Å²) in [6.45, 7) is 0.498. The van der Waals surface area contributed by atoms with Crippen LogP contribution in [0.2, 0.25) is 5.02 Å². The van der Waals surface area contributed by atoms with E-state index in [0.29, 0.717) is 23.0 Å². The van der Waals surface area contributed by atoms with Crippen LogP contribution in [-0.4, -0.2) is 34.6 Å². The van der Waals surface area contributed by atoms with Crippen LogP contribution in [0, 0.1) is 0 Å². The van der Waals surface area contributed by atoms with E-state index in [1.54, 1.807) is 17.1 Å². The lowest BCUT2D eigenvalue weighted by atomic mass is 10.3. The SMILES string of the molecule is Cn1nc(C(F)(F)F)cc1Cn1cc(Cn2cc(Cl)cn2)nn1. The van der Waals surface area contributed by atoms with E-state index in [-0.39, 0.29) is 6.54 Å². The predicted octanol–water partition coefficient (Wildman–Crippen LogP) is 1.98. The minimum atomic E-state index is -4.47. The fourth-order valence-electron chi connectivity index (χ4n) is 2.04. The fraction of sp³-hybridized carbons (Fsp3) is 0.333. The van der Waals surface area contributed by atoms with Gasteiger partial charge in [0, 0.05) is 13.2 Å². The van der Waals surface area contributed by atoms with Crippen LogP contribution in [0.4, 0.5) is 13.2 Å². The first kappa shape index (κ1) is 15.5. The summed E-state index contributed by atoms with van der Waals surface area (Å²) in [4.78, 5) is 0. The van der Waals surface area contributed by atoms with E-state index in [9.17, 15) is 13.2 Å². The van der Waals surface area contributed by atoms with E-state index in [2.05, 4.69) is 20.5 Å². The van der Waals surface area contributed by atoms with Crippen LogP contribution >= 0.6 is 11.6 Å². The zero-order valence-corrected chi connectivity index (χ0v) is 12.6. The van der Waals surface area contributed by atoms with Gasteiger partial charge < -0.3 is 0 Å². The largest absolute Gasteiger partial charge is 0.435 e. The van der Waals surface area contributed by atoms with Crippen molar-refractivity contribution in [1.29, 1.82) is 0 Å². The highest BCUT2D eigenvalue weighted by molar-refractivity contribution is 6.30.